The molecule has 2 aromatic rings. The molecule has 2 N–H and O–H groups in total. The lowest BCUT2D eigenvalue weighted by atomic mass is 9.96. The molecule has 0 saturated heterocycles. The molecule has 5 nitrogen and oxygen atoms in total. The van der Waals surface area contributed by atoms with Crippen LogP contribution in [0.25, 0.3) is 0 Å². The molecule has 0 radical (unpaired) electrons. The lowest BCUT2D eigenvalue weighted by Gasteiger charge is -2.31. The fourth-order valence-corrected chi connectivity index (χ4v) is 3.60. The SMILES string of the molecule is CC[C@@H](C)Nc1cc(N2CCc3cc([C@@H](C)O)ccc3C2)nc(C2CC2)n1. The second-order valence-corrected chi connectivity index (χ2v) is 8.07. The van der Waals surface area contributed by atoms with E-state index in [1.807, 2.05) is 13.0 Å². The van der Waals surface area contributed by atoms with Gasteiger partial charge in [-0.1, -0.05) is 25.1 Å². The average molecular weight is 367 g/mol. The first-order valence-electron chi connectivity index (χ1n) is 10.2. The molecule has 5 heteroatoms. The summed E-state index contributed by atoms with van der Waals surface area (Å²) in [6, 6.07) is 8.86. The first kappa shape index (κ1) is 18.2. The van der Waals surface area contributed by atoms with Crippen LogP contribution >= 0.6 is 0 Å². The summed E-state index contributed by atoms with van der Waals surface area (Å²) < 4.78 is 0. The van der Waals surface area contributed by atoms with Crippen molar-refractivity contribution >= 4 is 11.6 Å². The predicted molar refractivity (Wildman–Crippen MR) is 109 cm³/mol. The number of anilines is 2. The zero-order valence-electron chi connectivity index (χ0n) is 16.6. The molecule has 2 aliphatic rings. The second kappa shape index (κ2) is 7.47. The maximum Gasteiger partial charge on any atom is 0.136 e. The number of aliphatic hydroxyl groups is 1. The quantitative estimate of drug-likeness (QED) is 0.803. The number of benzene rings is 1. The van der Waals surface area contributed by atoms with Crippen molar-refractivity contribution in [1.29, 1.82) is 0 Å². The molecule has 4 rings (SSSR count). The van der Waals surface area contributed by atoms with Gasteiger partial charge in [-0.15, -0.1) is 0 Å². The van der Waals surface area contributed by atoms with Crippen molar-refractivity contribution in [2.75, 3.05) is 16.8 Å². The highest BCUT2D eigenvalue weighted by Gasteiger charge is 2.28. The molecule has 1 fully saturated rings. The Hall–Kier alpha value is -2.14. The summed E-state index contributed by atoms with van der Waals surface area (Å²) in [5.74, 6) is 3.51. The lowest BCUT2D eigenvalue weighted by molar-refractivity contribution is 0.199. The molecule has 0 spiro atoms. The minimum absolute atomic E-state index is 0.403. The monoisotopic (exact) mass is 366 g/mol. The van der Waals surface area contributed by atoms with Gasteiger partial charge in [-0.2, -0.15) is 0 Å². The van der Waals surface area contributed by atoms with Crippen molar-refractivity contribution in [3.05, 3.63) is 46.8 Å². The molecule has 2 heterocycles. The van der Waals surface area contributed by atoms with Crippen LogP contribution in [0.15, 0.2) is 24.3 Å². The Morgan fingerprint density at radius 3 is 2.70 bits per heavy atom. The Morgan fingerprint density at radius 2 is 2.00 bits per heavy atom. The van der Waals surface area contributed by atoms with Gasteiger partial charge in [0.15, 0.2) is 0 Å². The average Bonchev–Trinajstić information content (AvgIpc) is 3.52. The zero-order valence-corrected chi connectivity index (χ0v) is 16.6. The molecule has 1 saturated carbocycles. The summed E-state index contributed by atoms with van der Waals surface area (Å²) in [6.45, 7) is 8.00. The summed E-state index contributed by atoms with van der Waals surface area (Å²) in [5, 5.41) is 13.4. The van der Waals surface area contributed by atoms with Gasteiger partial charge in [0.05, 0.1) is 6.10 Å². The van der Waals surface area contributed by atoms with Gasteiger partial charge < -0.3 is 15.3 Å². The van der Waals surface area contributed by atoms with Crippen LogP contribution in [0.1, 0.15) is 74.6 Å². The minimum Gasteiger partial charge on any atom is -0.389 e. The largest absolute Gasteiger partial charge is 0.389 e. The fourth-order valence-electron chi connectivity index (χ4n) is 3.60. The van der Waals surface area contributed by atoms with Gasteiger partial charge in [-0.3, -0.25) is 0 Å². The van der Waals surface area contributed by atoms with Gasteiger partial charge in [-0.05, 0) is 56.2 Å². The lowest BCUT2D eigenvalue weighted by Crippen LogP contribution is -2.31. The van der Waals surface area contributed by atoms with Crippen molar-refractivity contribution in [2.24, 2.45) is 0 Å². The molecule has 1 aromatic carbocycles. The summed E-state index contributed by atoms with van der Waals surface area (Å²) >= 11 is 0. The van der Waals surface area contributed by atoms with Crippen LogP contribution in [0.4, 0.5) is 11.6 Å². The van der Waals surface area contributed by atoms with E-state index in [0.29, 0.717) is 12.0 Å². The standard InChI is InChI=1S/C22H30N4O/c1-4-14(2)23-20-12-21(25-22(24-20)16-5-6-16)26-10-9-18-11-17(15(3)27)7-8-19(18)13-26/h7-8,11-12,14-16,27H,4-6,9-10,13H2,1-3H3,(H,23,24,25)/t14-,15-/m1/s1. The molecule has 0 amide bonds. The first-order valence-corrected chi connectivity index (χ1v) is 10.2. The van der Waals surface area contributed by atoms with E-state index >= 15 is 0 Å². The fraction of sp³-hybridized carbons (Fsp3) is 0.545. The Labute approximate surface area is 161 Å². The van der Waals surface area contributed by atoms with Gasteiger partial charge >= 0.3 is 0 Å². The Bertz CT molecular complexity index is 816. The van der Waals surface area contributed by atoms with Gasteiger partial charge in [0, 0.05) is 31.1 Å². The van der Waals surface area contributed by atoms with Crippen LogP contribution < -0.4 is 10.2 Å². The van der Waals surface area contributed by atoms with Crippen LogP contribution in [0.5, 0.6) is 0 Å². The van der Waals surface area contributed by atoms with Gasteiger partial charge in [0.25, 0.3) is 0 Å². The molecule has 1 aliphatic carbocycles. The third-order valence-corrected chi connectivity index (χ3v) is 5.73. The highest BCUT2D eigenvalue weighted by Crippen LogP contribution is 2.39. The van der Waals surface area contributed by atoms with Gasteiger partial charge in [0.2, 0.25) is 0 Å². The normalized spacial score (nSPS) is 18.7. The third-order valence-electron chi connectivity index (χ3n) is 5.73. The van der Waals surface area contributed by atoms with E-state index in [4.69, 9.17) is 9.97 Å². The Balaban J connectivity index is 1.59. The summed E-state index contributed by atoms with van der Waals surface area (Å²) in [4.78, 5) is 12.0. The predicted octanol–water partition coefficient (Wildman–Crippen LogP) is 4.18. The zero-order chi connectivity index (χ0) is 19.0. The highest BCUT2D eigenvalue weighted by molar-refractivity contribution is 5.52. The topological polar surface area (TPSA) is 61.3 Å². The minimum atomic E-state index is -0.412. The number of fused-ring (bicyclic) bond motifs is 1. The van der Waals surface area contributed by atoms with E-state index < -0.39 is 6.10 Å². The van der Waals surface area contributed by atoms with Crippen LogP contribution in [0.3, 0.4) is 0 Å². The number of hydrogen-bond acceptors (Lipinski definition) is 5. The molecular weight excluding hydrogens is 336 g/mol. The maximum absolute atomic E-state index is 9.83. The number of nitrogens with one attached hydrogen (secondary N) is 1. The molecule has 27 heavy (non-hydrogen) atoms. The molecular formula is C22H30N4O. The van der Waals surface area contributed by atoms with Crippen LogP contribution in [-0.4, -0.2) is 27.7 Å². The number of aromatic nitrogens is 2. The van der Waals surface area contributed by atoms with Crippen LogP contribution in [0.2, 0.25) is 0 Å². The van der Waals surface area contributed by atoms with Crippen molar-refractivity contribution < 1.29 is 5.11 Å². The number of rotatable bonds is 6. The number of aliphatic hydroxyl groups excluding tert-OH is 1. The first-order chi connectivity index (χ1) is 13.0. The third kappa shape index (κ3) is 4.08. The van der Waals surface area contributed by atoms with E-state index in [2.05, 4.69) is 42.3 Å². The highest BCUT2D eigenvalue weighted by atomic mass is 16.3. The Kier molecular flexibility index (Phi) is 5.04. The molecule has 2 atom stereocenters. The van der Waals surface area contributed by atoms with Crippen molar-refractivity contribution in [3.8, 4) is 0 Å². The Morgan fingerprint density at radius 1 is 1.19 bits per heavy atom. The number of nitrogens with zero attached hydrogens (tertiary/aromatic N) is 3. The van der Waals surface area contributed by atoms with E-state index in [1.54, 1.807) is 0 Å². The van der Waals surface area contributed by atoms with Crippen molar-refractivity contribution in [3.63, 3.8) is 0 Å². The van der Waals surface area contributed by atoms with E-state index in [0.717, 1.165) is 49.0 Å². The molecule has 0 bridgehead atoms. The van der Waals surface area contributed by atoms with E-state index in [1.165, 1.54) is 24.0 Å². The summed E-state index contributed by atoms with van der Waals surface area (Å²) in [5.41, 5.74) is 3.67. The molecule has 0 unspecified atom stereocenters. The van der Waals surface area contributed by atoms with Gasteiger partial charge in [-0.25, -0.2) is 9.97 Å². The number of hydrogen-bond donors (Lipinski definition) is 2. The smallest absolute Gasteiger partial charge is 0.136 e. The van der Waals surface area contributed by atoms with Crippen LogP contribution in [0, 0.1) is 0 Å². The van der Waals surface area contributed by atoms with E-state index in [-0.39, 0.29) is 0 Å². The van der Waals surface area contributed by atoms with Crippen molar-refractivity contribution in [2.45, 2.75) is 71.1 Å². The summed E-state index contributed by atoms with van der Waals surface area (Å²) in [6.07, 6.45) is 4.05. The second-order valence-electron chi connectivity index (χ2n) is 8.07. The molecule has 144 valence electrons. The molecule has 1 aliphatic heterocycles. The summed E-state index contributed by atoms with van der Waals surface area (Å²) in [7, 11) is 0. The van der Waals surface area contributed by atoms with E-state index in [9.17, 15) is 5.11 Å². The van der Waals surface area contributed by atoms with Crippen molar-refractivity contribution in [1.82, 2.24) is 9.97 Å². The van der Waals surface area contributed by atoms with Crippen LogP contribution in [-0.2, 0) is 13.0 Å². The maximum atomic E-state index is 9.83. The molecule has 1 aromatic heterocycles. The van der Waals surface area contributed by atoms with Gasteiger partial charge in [0.1, 0.15) is 17.5 Å².